The number of carbonyl (C=O) groups excluding carboxylic acids is 1. The number of ether oxygens (including phenoxy) is 1. The summed E-state index contributed by atoms with van der Waals surface area (Å²) in [6.45, 7) is 1.31. The van der Waals surface area contributed by atoms with E-state index in [1.165, 1.54) is 19.1 Å². The van der Waals surface area contributed by atoms with Crippen LogP contribution in [0.2, 0.25) is 0 Å². The molecule has 1 heterocycles. The second-order valence-electron chi connectivity index (χ2n) is 7.44. The van der Waals surface area contributed by atoms with Gasteiger partial charge in [0.1, 0.15) is 0 Å². The summed E-state index contributed by atoms with van der Waals surface area (Å²) < 4.78 is 115. The number of para-hydroxylation sites is 1. The topological polar surface area (TPSA) is 44.1 Å². The largest absolute Gasteiger partial charge is 0.416 e. The lowest BCUT2D eigenvalue weighted by Gasteiger charge is -2.12. The first-order chi connectivity index (χ1) is 17.4. The Morgan fingerprint density at radius 1 is 0.838 bits per heavy atom. The second kappa shape index (κ2) is 9.88. The maximum absolute atomic E-state index is 14.4. The molecule has 4 rings (SSSR count). The van der Waals surface area contributed by atoms with Crippen molar-refractivity contribution in [1.29, 1.82) is 0 Å². The first-order valence-corrected chi connectivity index (χ1v) is 11.0. The molecule has 0 radical (unpaired) electrons. The number of aryl methyl sites for hydroxylation is 1. The summed E-state index contributed by atoms with van der Waals surface area (Å²) in [5, 5.41) is 4.13. The molecule has 0 aliphatic carbocycles. The minimum atomic E-state index is -4.76. The molecule has 37 heavy (non-hydrogen) atoms. The van der Waals surface area contributed by atoms with Gasteiger partial charge in [-0.15, -0.1) is 0 Å². The van der Waals surface area contributed by atoms with Crippen LogP contribution in [0.15, 0.2) is 64.4 Å². The van der Waals surface area contributed by atoms with Crippen molar-refractivity contribution < 1.29 is 44.7 Å². The zero-order chi connectivity index (χ0) is 27.1. The monoisotopic (exact) mass is 544 g/mol. The van der Waals surface area contributed by atoms with Crippen LogP contribution in [-0.2, 0) is 6.18 Å². The molecule has 13 heteroatoms. The Morgan fingerprint density at radius 3 is 2.03 bits per heavy atom. The van der Waals surface area contributed by atoms with Gasteiger partial charge in [-0.05, 0) is 37.3 Å². The van der Waals surface area contributed by atoms with Crippen LogP contribution in [0.25, 0.3) is 5.69 Å². The van der Waals surface area contributed by atoms with E-state index in [4.69, 9.17) is 4.74 Å². The molecule has 0 unspecified atom stereocenters. The molecule has 0 fully saturated rings. The number of hydrogen-bond donors (Lipinski definition) is 0. The summed E-state index contributed by atoms with van der Waals surface area (Å²) in [5.74, 6) is -12.8. The summed E-state index contributed by atoms with van der Waals surface area (Å²) in [4.78, 5) is 11.2. The van der Waals surface area contributed by atoms with Crippen molar-refractivity contribution in [1.82, 2.24) is 9.78 Å². The number of aromatic nitrogens is 2. The molecule has 0 aliphatic rings. The van der Waals surface area contributed by atoms with E-state index >= 15 is 0 Å². The minimum Gasteiger partial charge on any atom is -0.402 e. The molecule has 0 bridgehead atoms. The maximum Gasteiger partial charge on any atom is 0.416 e. The number of esters is 1. The first kappa shape index (κ1) is 26.2. The van der Waals surface area contributed by atoms with Gasteiger partial charge in [0.2, 0.25) is 11.7 Å². The molecule has 0 saturated heterocycles. The predicted octanol–water partition coefficient (Wildman–Crippen LogP) is 7.27. The van der Waals surface area contributed by atoms with E-state index < -0.39 is 63.1 Å². The molecule has 0 saturated carbocycles. The third kappa shape index (κ3) is 5.03. The number of alkyl halides is 3. The molecular weight excluding hydrogens is 532 g/mol. The Morgan fingerprint density at radius 2 is 1.43 bits per heavy atom. The molecule has 0 spiro atoms. The Kier molecular flexibility index (Phi) is 7.00. The molecule has 4 nitrogen and oxygen atoms in total. The average Bonchev–Trinajstić information content (AvgIpc) is 3.18. The molecule has 3 aromatic carbocycles. The molecule has 1 aromatic heterocycles. The molecule has 0 aliphatic heterocycles. The van der Waals surface area contributed by atoms with E-state index in [-0.39, 0.29) is 28.0 Å². The molecule has 0 amide bonds. The van der Waals surface area contributed by atoms with Gasteiger partial charge in [-0.2, -0.15) is 23.0 Å². The number of halogens is 8. The van der Waals surface area contributed by atoms with Gasteiger partial charge in [-0.3, -0.25) is 0 Å². The van der Waals surface area contributed by atoms with Crippen molar-refractivity contribution in [3.05, 3.63) is 101 Å². The highest BCUT2D eigenvalue weighted by molar-refractivity contribution is 7.99. The number of rotatable bonds is 5. The van der Waals surface area contributed by atoms with E-state index in [0.29, 0.717) is 6.07 Å². The third-order valence-corrected chi connectivity index (χ3v) is 6.19. The Labute approximate surface area is 207 Å². The summed E-state index contributed by atoms with van der Waals surface area (Å²) in [6, 6.07) is 11.1. The summed E-state index contributed by atoms with van der Waals surface area (Å²) in [7, 11) is 0. The van der Waals surface area contributed by atoms with Crippen molar-refractivity contribution in [2.45, 2.75) is 22.9 Å². The molecular formula is C24H12F8N2O2S. The highest BCUT2D eigenvalue weighted by Crippen LogP contribution is 2.42. The maximum atomic E-state index is 14.4. The normalized spacial score (nSPS) is 11.6. The lowest BCUT2D eigenvalue weighted by Crippen LogP contribution is -2.14. The molecule has 4 aromatic rings. The lowest BCUT2D eigenvalue weighted by atomic mass is 10.1. The Balaban J connectivity index is 1.84. The van der Waals surface area contributed by atoms with Crippen molar-refractivity contribution in [2.24, 2.45) is 0 Å². The van der Waals surface area contributed by atoms with Gasteiger partial charge in [-0.25, -0.2) is 26.7 Å². The number of hydrogen-bond acceptors (Lipinski definition) is 4. The van der Waals surface area contributed by atoms with Gasteiger partial charge in [-0.1, -0.05) is 36.0 Å². The highest BCUT2D eigenvalue weighted by atomic mass is 32.2. The van der Waals surface area contributed by atoms with Gasteiger partial charge in [0.15, 0.2) is 23.3 Å². The predicted molar refractivity (Wildman–Crippen MR) is 115 cm³/mol. The summed E-state index contributed by atoms with van der Waals surface area (Å²) in [6.07, 6.45) is -4.76. The first-order valence-electron chi connectivity index (χ1n) is 10.1. The molecule has 192 valence electrons. The van der Waals surface area contributed by atoms with Gasteiger partial charge < -0.3 is 4.74 Å². The van der Waals surface area contributed by atoms with E-state index in [1.807, 2.05) is 0 Å². The second-order valence-corrected chi connectivity index (χ2v) is 8.46. The Hall–Kier alpha value is -3.87. The minimum absolute atomic E-state index is 0.0374. The fraction of sp³-hybridized carbons (Fsp3) is 0.0833. The summed E-state index contributed by atoms with van der Waals surface area (Å²) in [5.41, 5.74) is -1.42. The molecule has 0 N–H and O–H groups in total. The van der Waals surface area contributed by atoms with Crippen LogP contribution >= 0.6 is 11.8 Å². The number of carbonyl (C=O) groups is 1. The standard InChI is InChI=1S/C24H12F8N2O2S/c1-11-20(37-21-18(28)16(26)15(25)17(27)19(21)29)22(34(33-11)14-8-3-2-4-9-14)36-23(35)12-6-5-7-13(10-12)24(30,31)32/h2-10H,1H3. The third-order valence-electron chi connectivity index (χ3n) is 4.95. The van der Waals surface area contributed by atoms with E-state index in [9.17, 15) is 39.9 Å². The van der Waals surface area contributed by atoms with Gasteiger partial charge in [0.25, 0.3) is 0 Å². The van der Waals surface area contributed by atoms with Crippen LogP contribution in [0.3, 0.4) is 0 Å². The van der Waals surface area contributed by atoms with Crippen molar-refractivity contribution in [3.63, 3.8) is 0 Å². The Bertz CT molecular complexity index is 1470. The fourth-order valence-electron chi connectivity index (χ4n) is 3.19. The van der Waals surface area contributed by atoms with E-state index in [2.05, 4.69) is 5.10 Å². The number of benzene rings is 3. The molecule has 0 atom stereocenters. The van der Waals surface area contributed by atoms with Crippen molar-refractivity contribution in [2.75, 3.05) is 0 Å². The van der Waals surface area contributed by atoms with Gasteiger partial charge in [0, 0.05) is 0 Å². The zero-order valence-electron chi connectivity index (χ0n) is 18.3. The quantitative estimate of drug-likeness (QED) is 0.115. The van der Waals surface area contributed by atoms with Gasteiger partial charge in [0.05, 0.1) is 32.3 Å². The average molecular weight is 544 g/mol. The lowest BCUT2D eigenvalue weighted by molar-refractivity contribution is -0.137. The number of nitrogens with zero attached hydrogens (tertiary/aromatic N) is 2. The highest BCUT2D eigenvalue weighted by Gasteiger charge is 2.32. The van der Waals surface area contributed by atoms with Crippen LogP contribution < -0.4 is 4.74 Å². The van der Waals surface area contributed by atoms with Crippen molar-refractivity contribution >= 4 is 17.7 Å². The van der Waals surface area contributed by atoms with E-state index in [1.54, 1.807) is 18.2 Å². The fourth-order valence-corrected chi connectivity index (χ4v) is 4.16. The van der Waals surface area contributed by atoms with Crippen LogP contribution in [-0.4, -0.2) is 15.7 Å². The smallest absolute Gasteiger partial charge is 0.402 e. The van der Waals surface area contributed by atoms with Gasteiger partial charge >= 0.3 is 12.1 Å². The van der Waals surface area contributed by atoms with Crippen LogP contribution in [0, 0.1) is 36.0 Å². The summed E-state index contributed by atoms with van der Waals surface area (Å²) >= 11 is 0.0540. The zero-order valence-corrected chi connectivity index (χ0v) is 19.2. The van der Waals surface area contributed by atoms with Crippen LogP contribution in [0.1, 0.15) is 21.6 Å². The SMILES string of the molecule is Cc1nn(-c2ccccc2)c(OC(=O)c2cccc(C(F)(F)F)c2)c1Sc1c(F)c(F)c(F)c(F)c1F. The van der Waals surface area contributed by atoms with Crippen LogP contribution in [0.4, 0.5) is 35.1 Å². The van der Waals surface area contributed by atoms with Crippen molar-refractivity contribution in [3.8, 4) is 11.6 Å². The van der Waals surface area contributed by atoms with Crippen LogP contribution in [0.5, 0.6) is 5.88 Å². The van der Waals surface area contributed by atoms with E-state index in [0.717, 1.165) is 22.9 Å².